The second-order valence-corrected chi connectivity index (χ2v) is 4.51. The number of nitrogens with one attached hydrogen (secondary N) is 1. The maximum Gasteiger partial charge on any atom is 0.275 e. The first-order valence-corrected chi connectivity index (χ1v) is 6.28. The molecule has 21 heavy (non-hydrogen) atoms. The molecule has 0 aliphatic heterocycles. The Bertz CT molecular complexity index is 653. The molecule has 1 N–H and O–H groups in total. The Labute approximate surface area is 121 Å². The van der Waals surface area contributed by atoms with Gasteiger partial charge in [-0.25, -0.2) is 5.48 Å². The van der Waals surface area contributed by atoms with Gasteiger partial charge in [0.05, 0.1) is 11.5 Å². The third-order valence-electron chi connectivity index (χ3n) is 2.84. The molecule has 0 aromatic heterocycles. The van der Waals surface area contributed by atoms with Crippen LogP contribution in [-0.2, 0) is 11.4 Å². The Hall–Kier alpha value is -2.73. The third kappa shape index (κ3) is 4.12. The number of nitro groups is 1. The van der Waals surface area contributed by atoms with Crippen LogP contribution in [0.4, 0.5) is 5.69 Å². The van der Waals surface area contributed by atoms with E-state index >= 15 is 0 Å². The standard InChI is InChI=1S/C15H14N2O4/c1-11-5-7-12(8-6-11)10-21-16-15(18)13-3-2-4-14(9-13)17(19)20/h2-9H,10H2,1H3,(H,16,18). The largest absolute Gasteiger partial charge is 0.275 e. The second-order valence-electron chi connectivity index (χ2n) is 4.51. The summed E-state index contributed by atoms with van der Waals surface area (Å²) in [5.74, 6) is -0.522. The highest BCUT2D eigenvalue weighted by Gasteiger charge is 2.11. The molecule has 0 heterocycles. The predicted octanol–water partition coefficient (Wildman–Crippen LogP) is 2.76. The summed E-state index contributed by atoms with van der Waals surface area (Å²) in [4.78, 5) is 27.0. The van der Waals surface area contributed by atoms with E-state index in [0.717, 1.165) is 11.1 Å². The van der Waals surface area contributed by atoms with E-state index in [1.165, 1.54) is 24.3 Å². The SMILES string of the molecule is Cc1ccc(CONC(=O)c2cccc([N+](=O)[O-])c2)cc1. The molecule has 1 amide bonds. The molecule has 108 valence electrons. The number of non-ortho nitro benzene ring substituents is 1. The van der Waals surface area contributed by atoms with Crippen molar-refractivity contribution in [2.24, 2.45) is 0 Å². The lowest BCUT2D eigenvalue weighted by molar-refractivity contribution is -0.384. The molecule has 0 spiro atoms. The molecule has 0 aliphatic rings. The van der Waals surface area contributed by atoms with E-state index < -0.39 is 10.8 Å². The minimum atomic E-state index is -0.552. The van der Waals surface area contributed by atoms with Crippen LogP contribution < -0.4 is 5.48 Å². The van der Waals surface area contributed by atoms with E-state index in [1.807, 2.05) is 31.2 Å². The average Bonchev–Trinajstić information content (AvgIpc) is 2.49. The monoisotopic (exact) mass is 286 g/mol. The number of hydroxylamine groups is 1. The zero-order valence-electron chi connectivity index (χ0n) is 11.4. The van der Waals surface area contributed by atoms with Crippen molar-refractivity contribution in [3.8, 4) is 0 Å². The zero-order valence-corrected chi connectivity index (χ0v) is 11.4. The normalized spacial score (nSPS) is 10.1. The van der Waals surface area contributed by atoms with Crippen molar-refractivity contribution in [2.45, 2.75) is 13.5 Å². The molecule has 6 nitrogen and oxygen atoms in total. The molecule has 2 rings (SSSR count). The quantitative estimate of drug-likeness (QED) is 0.677. The summed E-state index contributed by atoms with van der Waals surface area (Å²) in [6.45, 7) is 2.20. The number of nitro benzene ring substituents is 1. The highest BCUT2D eigenvalue weighted by Crippen LogP contribution is 2.13. The van der Waals surface area contributed by atoms with Crippen molar-refractivity contribution >= 4 is 11.6 Å². The fraction of sp³-hybridized carbons (Fsp3) is 0.133. The van der Waals surface area contributed by atoms with E-state index in [1.54, 1.807) is 0 Å². The first-order chi connectivity index (χ1) is 10.1. The molecule has 0 radical (unpaired) electrons. The minimum absolute atomic E-state index is 0.138. The molecular formula is C15H14N2O4. The van der Waals surface area contributed by atoms with Gasteiger partial charge in [0.1, 0.15) is 0 Å². The second kappa shape index (κ2) is 6.62. The van der Waals surface area contributed by atoms with Gasteiger partial charge in [-0.1, -0.05) is 35.9 Å². The summed E-state index contributed by atoms with van der Waals surface area (Å²) in [6, 6.07) is 13.1. The Morgan fingerprint density at radius 2 is 1.95 bits per heavy atom. The van der Waals surface area contributed by atoms with Crippen LogP contribution in [0.5, 0.6) is 0 Å². The summed E-state index contributed by atoms with van der Waals surface area (Å²) < 4.78 is 0. The van der Waals surface area contributed by atoms with Crippen LogP contribution in [0, 0.1) is 17.0 Å². The van der Waals surface area contributed by atoms with Crippen LogP contribution in [0.2, 0.25) is 0 Å². The lowest BCUT2D eigenvalue weighted by atomic mass is 10.2. The van der Waals surface area contributed by atoms with Gasteiger partial charge in [0.25, 0.3) is 11.6 Å². The lowest BCUT2D eigenvalue weighted by Gasteiger charge is -2.06. The first-order valence-electron chi connectivity index (χ1n) is 6.28. The zero-order chi connectivity index (χ0) is 15.2. The fourth-order valence-corrected chi connectivity index (χ4v) is 1.69. The number of nitrogens with zero attached hydrogens (tertiary/aromatic N) is 1. The van der Waals surface area contributed by atoms with E-state index in [9.17, 15) is 14.9 Å². The molecule has 0 saturated carbocycles. The van der Waals surface area contributed by atoms with Crippen molar-refractivity contribution in [3.05, 3.63) is 75.3 Å². The lowest BCUT2D eigenvalue weighted by Crippen LogP contribution is -2.23. The molecule has 0 saturated heterocycles. The van der Waals surface area contributed by atoms with Gasteiger partial charge in [-0.2, -0.15) is 0 Å². The maximum atomic E-state index is 11.8. The van der Waals surface area contributed by atoms with Gasteiger partial charge in [0, 0.05) is 17.7 Å². The number of aryl methyl sites for hydroxylation is 1. The predicted molar refractivity (Wildman–Crippen MR) is 76.5 cm³/mol. The van der Waals surface area contributed by atoms with Crippen LogP contribution >= 0.6 is 0 Å². The van der Waals surface area contributed by atoms with Crippen molar-refractivity contribution in [2.75, 3.05) is 0 Å². The first kappa shape index (κ1) is 14.7. The van der Waals surface area contributed by atoms with Gasteiger partial charge >= 0.3 is 0 Å². The van der Waals surface area contributed by atoms with Gasteiger partial charge < -0.3 is 0 Å². The van der Waals surface area contributed by atoms with E-state index in [2.05, 4.69) is 5.48 Å². The highest BCUT2D eigenvalue weighted by atomic mass is 16.7. The van der Waals surface area contributed by atoms with Gasteiger partial charge in [0.2, 0.25) is 0 Å². The van der Waals surface area contributed by atoms with Gasteiger partial charge in [-0.3, -0.25) is 19.7 Å². The summed E-state index contributed by atoms with van der Waals surface area (Å²) >= 11 is 0. The average molecular weight is 286 g/mol. The van der Waals surface area contributed by atoms with Crippen LogP contribution in [-0.4, -0.2) is 10.8 Å². The molecule has 0 bridgehead atoms. The number of carbonyl (C=O) groups is 1. The van der Waals surface area contributed by atoms with E-state index in [0.29, 0.717) is 0 Å². The molecular weight excluding hydrogens is 272 g/mol. The van der Waals surface area contributed by atoms with Gasteiger partial charge in [0.15, 0.2) is 0 Å². The fourth-order valence-electron chi connectivity index (χ4n) is 1.69. The van der Waals surface area contributed by atoms with Crippen molar-refractivity contribution in [1.29, 1.82) is 0 Å². The summed E-state index contributed by atoms with van der Waals surface area (Å²) in [5.41, 5.74) is 4.36. The topological polar surface area (TPSA) is 81.5 Å². The molecule has 0 atom stereocenters. The van der Waals surface area contributed by atoms with Gasteiger partial charge in [-0.05, 0) is 18.6 Å². The number of hydrogen-bond donors (Lipinski definition) is 1. The van der Waals surface area contributed by atoms with E-state index in [-0.39, 0.29) is 17.9 Å². The Balaban J connectivity index is 1.91. The van der Waals surface area contributed by atoms with Crippen LogP contribution in [0.15, 0.2) is 48.5 Å². The number of amides is 1. The summed E-state index contributed by atoms with van der Waals surface area (Å²) in [7, 11) is 0. The third-order valence-corrected chi connectivity index (χ3v) is 2.84. The number of carbonyl (C=O) groups excluding carboxylic acids is 1. The van der Waals surface area contributed by atoms with E-state index in [4.69, 9.17) is 4.84 Å². The molecule has 0 aliphatic carbocycles. The Morgan fingerprint density at radius 1 is 1.24 bits per heavy atom. The number of rotatable bonds is 5. The Kier molecular flexibility index (Phi) is 4.63. The number of hydrogen-bond acceptors (Lipinski definition) is 4. The maximum absolute atomic E-state index is 11.8. The Morgan fingerprint density at radius 3 is 2.62 bits per heavy atom. The number of benzene rings is 2. The van der Waals surface area contributed by atoms with Crippen molar-refractivity contribution in [3.63, 3.8) is 0 Å². The van der Waals surface area contributed by atoms with Gasteiger partial charge in [-0.15, -0.1) is 0 Å². The smallest absolute Gasteiger partial charge is 0.269 e. The van der Waals surface area contributed by atoms with Crippen molar-refractivity contribution in [1.82, 2.24) is 5.48 Å². The molecule has 0 unspecified atom stereocenters. The van der Waals surface area contributed by atoms with Crippen LogP contribution in [0.3, 0.4) is 0 Å². The summed E-state index contributed by atoms with van der Waals surface area (Å²) in [5, 5.41) is 10.6. The molecule has 6 heteroatoms. The van der Waals surface area contributed by atoms with Crippen LogP contribution in [0.1, 0.15) is 21.5 Å². The molecule has 2 aromatic carbocycles. The van der Waals surface area contributed by atoms with Crippen LogP contribution in [0.25, 0.3) is 0 Å². The molecule has 0 fully saturated rings. The minimum Gasteiger partial charge on any atom is -0.269 e. The molecule has 2 aromatic rings. The summed E-state index contributed by atoms with van der Waals surface area (Å²) in [6.07, 6.45) is 0. The van der Waals surface area contributed by atoms with Crippen molar-refractivity contribution < 1.29 is 14.6 Å². The highest BCUT2D eigenvalue weighted by molar-refractivity contribution is 5.94.